The van der Waals surface area contributed by atoms with Crippen molar-refractivity contribution in [3.8, 4) is 11.8 Å². The Balaban J connectivity index is 1.86. The van der Waals surface area contributed by atoms with E-state index in [4.69, 9.17) is 10.00 Å². The molecular formula is C27H22N2O4. The molecule has 1 amide bonds. The summed E-state index contributed by atoms with van der Waals surface area (Å²) in [6.45, 7) is 2.52. The number of ketones is 1. The molecule has 0 radical (unpaired) electrons. The van der Waals surface area contributed by atoms with E-state index in [-0.39, 0.29) is 11.3 Å². The largest absolute Gasteiger partial charge is 0.507 e. The second-order valence-corrected chi connectivity index (χ2v) is 7.61. The number of benzene rings is 3. The third-order valence-electron chi connectivity index (χ3n) is 5.41. The summed E-state index contributed by atoms with van der Waals surface area (Å²) in [6, 6.07) is 23.6. The molecule has 164 valence electrons. The van der Waals surface area contributed by atoms with Gasteiger partial charge >= 0.3 is 0 Å². The van der Waals surface area contributed by atoms with Gasteiger partial charge in [0.2, 0.25) is 0 Å². The highest BCUT2D eigenvalue weighted by Gasteiger charge is 2.46. The van der Waals surface area contributed by atoms with Crippen LogP contribution in [0.4, 0.5) is 5.69 Å². The molecule has 1 atom stereocenters. The first kappa shape index (κ1) is 21.8. The van der Waals surface area contributed by atoms with Crippen molar-refractivity contribution >= 4 is 23.1 Å². The molecule has 33 heavy (non-hydrogen) atoms. The summed E-state index contributed by atoms with van der Waals surface area (Å²) in [4.78, 5) is 27.7. The van der Waals surface area contributed by atoms with E-state index in [1.807, 2.05) is 31.2 Å². The molecule has 0 aromatic heterocycles. The van der Waals surface area contributed by atoms with Crippen molar-refractivity contribution in [3.63, 3.8) is 0 Å². The molecule has 0 saturated carbocycles. The van der Waals surface area contributed by atoms with Crippen LogP contribution in [-0.4, -0.2) is 23.4 Å². The average Bonchev–Trinajstić information content (AvgIpc) is 3.13. The van der Waals surface area contributed by atoms with Crippen LogP contribution in [0.5, 0.6) is 5.75 Å². The monoisotopic (exact) mass is 438 g/mol. The van der Waals surface area contributed by atoms with Crippen LogP contribution in [0, 0.1) is 11.3 Å². The number of carbonyl (C=O) groups is 2. The van der Waals surface area contributed by atoms with Gasteiger partial charge in [-0.2, -0.15) is 5.26 Å². The van der Waals surface area contributed by atoms with E-state index in [2.05, 4.69) is 0 Å². The lowest BCUT2D eigenvalue weighted by molar-refractivity contribution is -0.132. The summed E-state index contributed by atoms with van der Waals surface area (Å²) in [6.07, 6.45) is 0.833. The van der Waals surface area contributed by atoms with Gasteiger partial charge in [0.25, 0.3) is 11.7 Å². The van der Waals surface area contributed by atoms with Gasteiger partial charge in [-0.3, -0.25) is 14.5 Å². The number of hydrogen-bond donors (Lipinski definition) is 1. The fourth-order valence-corrected chi connectivity index (χ4v) is 3.85. The molecule has 1 fully saturated rings. The molecule has 0 spiro atoms. The zero-order chi connectivity index (χ0) is 23.4. The van der Waals surface area contributed by atoms with Crippen LogP contribution in [0.15, 0.2) is 84.4 Å². The summed E-state index contributed by atoms with van der Waals surface area (Å²) < 4.78 is 5.66. The van der Waals surface area contributed by atoms with Crippen LogP contribution in [0.2, 0.25) is 0 Å². The highest BCUT2D eigenvalue weighted by atomic mass is 16.5. The molecule has 0 aliphatic carbocycles. The van der Waals surface area contributed by atoms with Gasteiger partial charge in [0.1, 0.15) is 11.5 Å². The van der Waals surface area contributed by atoms with Gasteiger partial charge in [-0.15, -0.1) is 0 Å². The van der Waals surface area contributed by atoms with Crippen molar-refractivity contribution in [2.75, 3.05) is 11.5 Å². The van der Waals surface area contributed by atoms with Gasteiger partial charge in [0, 0.05) is 11.3 Å². The molecule has 0 bridgehead atoms. The number of carbonyl (C=O) groups excluding carboxylic acids is 2. The van der Waals surface area contributed by atoms with E-state index in [1.165, 1.54) is 4.90 Å². The van der Waals surface area contributed by atoms with Crippen LogP contribution in [-0.2, 0) is 9.59 Å². The Bertz CT molecular complexity index is 1260. The standard InChI is InChI=1S/C27H22N2O4/c1-2-15-33-22-10-6-9-20(16-22)25(30)23-24(19-7-4-3-5-8-19)29(27(32)26(23)31)21-13-11-18(17-28)12-14-21/h3-14,16,24,30H,2,15H2,1H3/b25-23-. The first-order chi connectivity index (χ1) is 16.0. The number of aliphatic hydroxyl groups excluding tert-OH is 1. The summed E-state index contributed by atoms with van der Waals surface area (Å²) >= 11 is 0. The van der Waals surface area contributed by atoms with E-state index in [9.17, 15) is 14.7 Å². The average molecular weight is 438 g/mol. The maximum Gasteiger partial charge on any atom is 0.300 e. The van der Waals surface area contributed by atoms with Gasteiger partial charge in [0.15, 0.2) is 0 Å². The van der Waals surface area contributed by atoms with Crippen molar-refractivity contribution in [2.24, 2.45) is 0 Å². The number of rotatable bonds is 6. The minimum absolute atomic E-state index is 0.00296. The molecular weight excluding hydrogens is 416 g/mol. The molecule has 1 heterocycles. The second-order valence-electron chi connectivity index (χ2n) is 7.61. The van der Waals surface area contributed by atoms with E-state index in [0.29, 0.717) is 34.7 Å². The molecule has 6 heteroatoms. The zero-order valence-corrected chi connectivity index (χ0v) is 18.1. The minimum atomic E-state index is -0.820. The van der Waals surface area contributed by atoms with E-state index < -0.39 is 17.7 Å². The van der Waals surface area contributed by atoms with Crippen LogP contribution >= 0.6 is 0 Å². The molecule has 3 aromatic carbocycles. The van der Waals surface area contributed by atoms with Crippen LogP contribution in [0.3, 0.4) is 0 Å². The lowest BCUT2D eigenvalue weighted by Crippen LogP contribution is -2.29. The van der Waals surface area contributed by atoms with Crippen molar-refractivity contribution in [2.45, 2.75) is 19.4 Å². The predicted molar refractivity (Wildman–Crippen MR) is 125 cm³/mol. The van der Waals surface area contributed by atoms with E-state index in [0.717, 1.165) is 6.42 Å². The maximum atomic E-state index is 13.2. The van der Waals surface area contributed by atoms with Gasteiger partial charge < -0.3 is 9.84 Å². The predicted octanol–water partition coefficient (Wildman–Crippen LogP) is 4.97. The molecule has 4 rings (SSSR count). The summed E-state index contributed by atoms with van der Waals surface area (Å²) in [5.74, 6) is -1.21. The molecule has 1 saturated heterocycles. The topological polar surface area (TPSA) is 90.6 Å². The van der Waals surface area contributed by atoms with E-state index in [1.54, 1.807) is 60.7 Å². The van der Waals surface area contributed by atoms with Gasteiger partial charge in [-0.1, -0.05) is 49.4 Å². The van der Waals surface area contributed by atoms with Crippen molar-refractivity contribution in [1.82, 2.24) is 0 Å². The first-order valence-electron chi connectivity index (χ1n) is 10.6. The van der Waals surface area contributed by atoms with Crippen LogP contribution in [0.1, 0.15) is 36.1 Å². The quantitative estimate of drug-likeness (QED) is 0.333. The number of hydrogen-bond acceptors (Lipinski definition) is 5. The fraction of sp³-hybridized carbons (Fsp3) is 0.148. The van der Waals surface area contributed by atoms with E-state index >= 15 is 0 Å². The van der Waals surface area contributed by atoms with Crippen LogP contribution < -0.4 is 9.64 Å². The van der Waals surface area contributed by atoms with Gasteiger partial charge in [0.05, 0.1) is 29.9 Å². The van der Waals surface area contributed by atoms with Gasteiger partial charge in [-0.05, 0) is 48.4 Å². The number of nitrogens with zero attached hydrogens (tertiary/aromatic N) is 2. The molecule has 1 aliphatic heterocycles. The number of amides is 1. The summed E-state index contributed by atoms with van der Waals surface area (Å²) in [7, 11) is 0. The number of aliphatic hydroxyl groups is 1. The first-order valence-corrected chi connectivity index (χ1v) is 10.6. The Morgan fingerprint density at radius 1 is 1.03 bits per heavy atom. The SMILES string of the molecule is CCCOc1cccc(/C(O)=C2/C(=O)C(=O)N(c3ccc(C#N)cc3)C2c2ccccc2)c1. The van der Waals surface area contributed by atoms with Crippen molar-refractivity contribution in [1.29, 1.82) is 5.26 Å². The Labute approximate surface area is 192 Å². The number of anilines is 1. The highest BCUT2D eigenvalue weighted by Crippen LogP contribution is 2.42. The number of Topliss-reactive ketones (excluding diaryl/α,β-unsaturated/α-hetero) is 1. The lowest BCUT2D eigenvalue weighted by atomic mass is 9.95. The summed E-state index contributed by atoms with van der Waals surface area (Å²) in [5, 5.41) is 20.3. The normalized spacial score (nSPS) is 17.1. The zero-order valence-electron chi connectivity index (χ0n) is 18.1. The lowest BCUT2D eigenvalue weighted by Gasteiger charge is -2.25. The maximum absolute atomic E-state index is 13.2. The second kappa shape index (κ2) is 9.41. The highest BCUT2D eigenvalue weighted by molar-refractivity contribution is 6.51. The Morgan fingerprint density at radius 2 is 1.76 bits per heavy atom. The number of ether oxygens (including phenoxy) is 1. The molecule has 1 aliphatic rings. The molecule has 1 N–H and O–H groups in total. The third kappa shape index (κ3) is 4.21. The Kier molecular flexibility index (Phi) is 6.23. The minimum Gasteiger partial charge on any atom is -0.507 e. The number of nitriles is 1. The van der Waals surface area contributed by atoms with Crippen molar-refractivity contribution in [3.05, 3.63) is 101 Å². The third-order valence-corrected chi connectivity index (χ3v) is 5.41. The molecule has 6 nitrogen and oxygen atoms in total. The molecule has 3 aromatic rings. The van der Waals surface area contributed by atoms with Crippen LogP contribution in [0.25, 0.3) is 5.76 Å². The van der Waals surface area contributed by atoms with Crippen molar-refractivity contribution < 1.29 is 19.4 Å². The Hall–Kier alpha value is -4.37. The Morgan fingerprint density at radius 3 is 2.42 bits per heavy atom. The fourth-order valence-electron chi connectivity index (χ4n) is 3.85. The summed E-state index contributed by atoms with van der Waals surface area (Å²) in [5.41, 5.74) is 1.98. The molecule has 1 unspecified atom stereocenters. The van der Waals surface area contributed by atoms with Gasteiger partial charge in [-0.25, -0.2) is 0 Å². The smallest absolute Gasteiger partial charge is 0.300 e.